The van der Waals surface area contributed by atoms with Crippen LogP contribution in [0.2, 0.25) is 1.41 Å². The van der Waals surface area contributed by atoms with Crippen LogP contribution in [0.15, 0.2) is 12.3 Å². The van der Waals surface area contributed by atoms with Gasteiger partial charge in [0.25, 0.3) is 0 Å². The highest BCUT2D eigenvalue weighted by Gasteiger charge is 2.33. The maximum atomic E-state index is 11.7. The highest BCUT2D eigenvalue weighted by atomic mass is 16.2. The molecule has 1 N–H and O–H groups in total. The van der Waals surface area contributed by atoms with E-state index in [1.165, 1.54) is 0 Å². The molecule has 12 heavy (non-hydrogen) atoms. The van der Waals surface area contributed by atoms with Gasteiger partial charge in [0, 0.05) is 13.0 Å². The number of carbonyl (C=O) groups is 1. The Hall–Kier alpha value is -0.790. The smallest absolute Gasteiger partial charge is 0.227 e. The summed E-state index contributed by atoms with van der Waals surface area (Å²) in [5, 5.41) is 0.789. The van der Waals surface area contributed by atoms with Crippen LogP contribution in [0.5, 0.6) is 0 Å². The molecule has 1 amide bonds. The molecule has 2 unspecified atom stereocenters. The van der Waals surface area contributed by atoms with Crippen LogP contribution in [-0.4, -0.2) is 5.91 Å². The number of rotatable bonds is 0. The molecule has 2 nitrogen and oxygen atoms in total. The third-order valence-electron chi connectivity index (χ3n) is 2.19. The Labute approximate surface area is 76.9 Å². The van der Waals surface area contributed by atoms with Crippen LogP contribution in [-0.2, 0) is 4.79 Å². The maximum Gasteiger partial charge on any atom is 0.227 e. The third kappa shape index (κ3) is 1.87. The minimum atomic E-state index is -0.519. The van der Waals surface area contributed by atoms with Crippen LogP contribution in [0.3, 0.4) is 0 Å². The Balaban J connectivity index is 2.92. The van der Waals surface area contributed by atoms with Crippen molar-refractivity contribution in [3.63, 3.8) is 0 Å². The van der Waals surface area contributed by atoms with Gasteiger partial charge in [-0.1, -0.05) is 27.4 Å². The van der Waals surface area contributed by atoms with Crippen LogP contribution in [0, 0.1) is 11.3 Å². The molecule has 0 spiro atoms. The number of nitrogens with one attached hydrogen (secondary N) is 1. The van der Waals surface area contributed by atoms with E-state index < -0.39 is 6.40 Å². The van der Waals surface area contributed by atoms with Crippen LogP contribution in [0.1, 0.15) is 35.0 Å². The van der Waals surface area contributed by atoms with Crippen LogP contribution >= 0.6 is 0 Å². The van der Waals surface area contributed by atoms with Gasteiger partial charge in [-0.25, -0.2) is 0 Å². The number of amides is 1. The molecule has 0 aromatic rings. The second kappa shape index (κ2) is 2.92. The zero-order chi connectivity index (χ0) is 11.1. The summed E-state index contributed by atoms with van der Waals surface area (Å²) in [6.45, 7) is 9.46. The SMILES string of the molecule is [2H]C1CC(C(C)(C)C)C(=O)N([2H])C1=C. The summed E-state index contributed by atoms with van der Waals surface area (Å²) in [5.41, 5.74) is 0.103. The molecule has 0 saturated carbocycles. The summed E-state index contributed by atoms with van der Waals surface area (Å²) in [4.78, 5) is 11.7. The first kappa shape index (κ1) is 6.70. The number of allylic oxidation sites excluding steroid dienone is 1. The van der Waals surface area contributed by atoms with Crippen LogP contribution in [0.25, 0.3) is 0 Å². The van der Waals surface area contributed by atoms with Gasteiger partial charge in [0.15, 0.2) is 1.41 Å². The van der Waals surface area contributed by atoms with Gasteiger partial charge in [-0.15, -0.1) is 0 Å². The molecule has 0 radical (unpaired) electrons. The second-order valence-corrected chi connectivity index (χ2v) is 4.30. The fourth-order valence-electron chi connectivity index (χ4n) is 1.34. The molecule has 68 valence electrons. The summed E-state index contributed by atoms with van der Waals surface area (Å²) < 4.78 is 15.2. The molecular weight excluding hydrogens is 150 g/mol. The van der Waals surface area contributed by atoms with E-state index in [1.807, 2.05) is 20.8 Å². The highest BCUT2D eigenvalue weighted by molar-refractivity contribution is 5.82. The Morgan fingerprint density at radius 3 is 2.83 bits per heavy atom. The average molecular weight is 169 g/mol. The lowest BCUT2D eigenvalue weighted by Gasteiger charge is -2.33. The first-order chi connectivity index (χ1) is 6.25. The van der Waals surface area contributed by atoms with E-state index in [0.29, 0.717) is 6.42 Å². The maximum absolute atomic E-state index is 11.7. The molecule has 0 aromatic carbocycles. The molecule has 0 bridgehead atoms. The predicted molar refractivity (Wildman–Crippen MR) is 49.5 cm³/mol. The molecule has 1 aliphatic heterocycles. The summed E-state index contributed by atoms with van der Waals surface area (Å²) in [6, 6.07) is 0. The minimum absolute atomic E-state index is 0.184. The van der Waals surface area contributed by atoms with Crippen molar-refractivity contribution in [2.24, 2.45) is 11.3 Å². The third-order valence-corrected chi connectivity index (χ3v) is 2.19. The van der Waals surface area contributed by atoms with Crippen molar-refractivity contribution in [3.8, 4) is 0 Å². The quantitative estimate of drug-likeness (QED) is 0.591. The molecular formula is C10H17NO. The van der Waals surface area contributed by atoms with E-state index in [-0.39, 0.29) is 22.9 Å². The molecule has 1 fully saturated rings. The van der Waals surface area contributed by atoms with Gasteiger partial charge < -0.3 is 5.31 Å². The van der Waals surface area contributed by atoms with Gasteiger partial charge >= 0.3 is 0 Å². The van der Waals surface area contributed by atoms with Gasteiger partial charge in [-0.3, -0.25) is 4.79 Å². The lowest BCUT2D eigenvalue weighted by Crippen LogP contribution is -2.41. The Bertz CT molecular complexity index is 270. The van der Waals surface area contributed by atoms with E-state index in [9.17, 15) is 4.79 Å². The Kier molecular flexibility index (Phi) is 1.63. The molecule has 2 heteroatoms. The van der Waals surface area contributed by atoms with Gasteiger partial charge in [-0.2, -0.15) is 0 Å². The summed E-state index contributed by atoms with van der Waals surface area (Å²) in [5.74, 6) is -0.473. The summed E-state index contributed by atoms with van der Waals surface area (Å²) in [6.07, 6.45) is -0.0364. The largest absolute Gasteiger partial charge is 0.330 e. The van der Waals surface area contributed by atoms with Crippen molar-refractivity contribution in [1.82, 2.24) is 5.31 Å². The lowest BCUT2D eigenvalue weighted by atomic mass is 9.76. The molecule has 1 heterocycles. The average Bonchev–Trinajstić information content (AvgIpc) is 2.06. The van der Waals surface area contributed by atoms with Crippen molar-refractivity contribution in [2.75, 3.05) is 0 Å². The fraction of sp³-hybridized carbons (Fsp3) is 0.700. The lowest BCUT2D eigenvalue weighted by molar-refractivity contribution is -0.129. The zero-order valence-corrected chi connectivity index (χ0v) is 7.92. The summed E-state index contributed by atoms with van der Waals surface area (Å²) in [7, 11) is 0. The van der Waals surface area contributed by atoms with Crippen molar-refractivity contribution in [2.45, 2.75) is 33.6 Å². The monoisotopic (exact) mass is 169 g/mol. The Morgan fingerprint density at radius 1 is 1.75 bits per heavy atom. The first-order valence-corrected chi connectivity index (χ1v) is 4.19. The van der Waals surface area contributed by atoms with Gasteiger partial charge in [0.05, 0.1) is 0 Å². The second-order valence-electron chi connectivity index (χ2n) is 4.30. The fourth-order valence-corrected chi connectivity index (χ4v) is 1.34. The van der Waals surface area contributed by atoms with E-state index in [0.717, 1.165) is 5.31 Å². The van der Waals surface area contributed by atoms with E-state index in [1.54, 1.807) is 0 Å². The van der Waals surface area contributed by atoms with Crippen molar-refractivity contribution < 1.29 is 7.58 Å². The van der Waals surface area contributed by atoms with Crippen molar-refractivity contribution in [1.29, 1.82) is 0 Å². The van der Waals surface area contributed by atoms with Crippen LogP contribution < -0.4 is 5.31 Å². The number of hydrogen-bond donors (Lipinski definition) is 1. The number of hydrogen-bond acceptors (Lipinski definition) is 1. The van der Waals surface area contributed by atoms with E-state index in [4.69, 9.17) is 2.78 Å². The Morgan fingerprint density at radius 2 is 2.33 bits per heavy atom. The van der Waals surface area contributed by atoms with Gasteiger partial charge in [-0.05, 0) is 18.2 Å². The van der Waals surface area contributed by atoms with Crippen molar-refractivity contribution >= 4 is 5.91 Å². The molecule has 1 saturated heterocycles. The molecule has 0 aromatic heterocycles. The first-order valence-electron chi connectivity index (χ1n) is 5.21. The molecule has 2 atom stereocenters. The minimum Gasteiger partial charge on any atom is -0.330 e. The van der Waals surface area contributed by atoms with Crippen LogP contribution in [0.4, 0.5) is 0 Å². The number of piperidine rings is 1. The molecule has 1 aliphatic rings. The molecule has 0 aliphatic carbocycles. The van der Waals surface area contributed by atoms with E-state index >= 15 is 0 Å². The highest BCUT2D eigenvalue weighted by Crippen LogP contribution is 2.33. The molecule has 1 rings (SSSR count). The topological polar surface area (TPSA) is 29.1 Å². The van der Waals surface area contributed by atoms with Gasteiger partial charge in [0.2, 0.25) is 5.91 Å². The summed E-state index contributed by atoms with van der Waals surface area (Å²) >= 11 is 0. The normalized spacial score (nSPS) is 34.8. The predicted octanol–water partition coefficient (Wildman–Crippen LogP) is 2.07. The van der Waals surface area contributed by atoms with Crippen molar-refractivity contribution in [3.05, 3.63) is 12.3 Å². The standard InChI is InChI=1S/C10H17NO/c1-7-5-6-8(9(12)11-7)10(2,3)4/h8H,1,5-6H2,2-4H3,(H,11,12)/i5D/hD. The van der Waals surface area contributed by atoms with E-state index in [2.05, 4.69) is 6.58 Å². The zero-order valence-electron chi connectivity index (χ0n) is 9.92. The van der Waals surface area contributed by atoms with Gasteiger partial charge in [0.1, 0.15) is 0 Å². The number of carbonyl (C=O) groups excluding carboxylic acids is 1.